The second-order valence-corrected chi connectivity index (χ2v) is 8.19. The van der Waals surface area contributed by atoms with Gasteiger partial charge in [0.05, 0.1) is 5.56 Å². The van der Waals surface area contributed by atoms with Crippen LogP contribution in [0.15, 0.2) is 66.7 Å². The fourth-order valence-electron chi connectivity index (χ4n) is 3.88. The van der Waals surface area contributed by atoms with Gasteiger partial charge >= 0.3 is 6.18 Å². The Hall–Kier alpha value is -3.88. The van der Waals surface area contributed by atoms with E-state index in [2.05, 4.69) is 5.32 Å². The van der Waals surface area contributed by atoms with E-state index in [0.29, 0.717) is 29.0 Å². The molecule has 0 spiro atoms. The van der Waals surface area contributed by atoms with Gasteiger partial charge in [-0.15, -0.1) is 0 Å². The Bertz CT molecular complexity index is 1260. The van der Waals surface area contributed by atoms with Crippen molar-refractivity contribution in [2.45, 2.75) is 38.7 Å². The minimum absolute atomic E-state index is 0.0397. The van der Waals surface area contributed by atoms with E-state index in [1.54, 1.807) is 25.1 Å². The number of halogens is 4. The van der Waals surface area contributed by atoms with Crippen LogP contribution in [0.25, 0.3) is 0 Å². The minimum Gasteiger partial charge on any atom is -0.480 e. The number of amides is 2. The van der Waals surface area contributed by atoms with Crippen LogP contribution in [0.2, 0.25) is 0 Å². The van der Waals surface area contributed by atoms with Crippen molar-refractivity contribution < 1.29 is 31.9 Å². The van der Waals surface area contributed by atoms with Crippen LogP contribution in [-0.2, 0) is 24.1 Å². The molecule has 0 bridgehead atoms. The molecule has 1 heterocycles. The number of carbonyl (C=O) groups excluding carboxylic acids is 2. The number of alkyl halides is 3. The van der Waals surface area contributed by atoms with Gasteiger partial charge in [0.15, 0.2) is 6.10 Å². The number of hydrogen-bond donors (Lipinski definition) is 1. The smallest absolute Gasteiger partial charge is 0.416 e. The van der Waals surface area contributed by atoms with Gasteiger partial charge in [-0.1, -0.05) is 25.1 Å². The van der Waals surface area contributed by atoms with Crippen molar-refractivity contribution in [3.05, 3.63) is 94.8 Å². The maximum atomic E-state index is 13.5. The lowest BCUT2D eigenvalue weighted by molar-refractivity contribution is -0.139. The van der Waals surface area contributed by atoms with Crippen molar-refractivity contribution >= 4 is 17.5 Å². The Kier molecular flexibility index (Phi) is 6.77. The standard InChI is InChI=1S/C26H22F4N2O3/c1-2-22-25(34)32(14-16-5-3-7-19(11-16)26(28,29)30)15-18-13-21(9-10-23(18)35-22)31-24(33)17-6-4-8-20(27)12-17/h3-13,22H,2,14-15H2,1H3,(H,31,33). The Labute approximate surface area is 199 Å². The Morgan fingerprint density at radius 1 is 1.09 bits per heavy atom. The summed E-state index contributed by atoms with van der Waals surface area (Å²) in [6.07, 6.45) is -4.92. The Morgan fingerprint density at radius 3 is 2.57 bits per heavy atom. The fraction of sp³-hybridized carbons (Fsp3) is 0.231. The number of hydrogen-bond acceptors (Lipinski definition) is 3. The summed E-state index contributed by atoms with van der Waals surface area (Å²) in [5, 5.41) is 2.69. The zero-order chi connectivity index (χ0) is 25.2. The SMILES string of the molecule is CCC1Oc2ccc(NC(=O)c3cccc(F)c3)cc2CN(Cc2cccc(C(F)(F)F)c2)C1=O. The Balaban J connectivity index is 1.60. The highest BCUT2D eigenvalue weighted by molar-refractivity contribution is 6.04. The molecule has 0 radical (unpaired) electrons. The van der Waals surface area contributed by atoms with Crippen LogP contribution in [0.5, 0.6) is 5.75 Å². The van der Waals surface area contributed by atoms with Gasteiger partial charge in [-0.25, -0.2) is 4.39 Å². The lowest BCUT2D eigenvalue weighted by atomic mass is 10.1. The monoisotopic (exact) mass is 486 g/mol. The highest BCUT2D eigenvalue weighted by Gasteiger charge is 2.32. The first-order valence-corrected chi connectivity index (χ1v) is 11.0. The normalized spacial score (nSPS) is 15.7. The number of rotatable bonds is 5. The second kappa shape index (κ2) is 9.77. The number of benzene rings is 3. The summed E-state index contributed by atoms with van der Waals surface area (Å²) in [6.45, 7) is 1.82. The summed E-state index contributed by atoms with van der Waals surface area (Å²) in [7, 11) is 0. The number of carbonyl (C=O) groups is 2. The second-order valence-electron chi connectivity index (χ2n) is 8.19. The minimum atomic E-state index is -4.49. The molecule has 0 saturated carbocycles. The molecule has 182 valence electrons. The number of nitrogens with zero attached hydrogens (tertiary/aromatic N) is 1. The van der Waals surface area contributed by atoms with Crippen LogP contribution in [-0.4, -0.2) is 22.8 Å². The van der Waals surface area contributed by atoms with Crippen molar-refractivity contribution in [1.82, 2.24) is 4.90 Å². The highest BCUT2D eigenvalue weighted by atomic mass is 19.4. The van der Waals surface area contributed by atoms with Gasteiger partial charge in [0.1, 0.15) is 11.6 Å². The van der Waals surface area contributed by atoms with Gasteiger partial charge < -0.3 is 15.0 Å². The maximum Gasteiger partial charge on any atom is 0.416 e. The highest BCUT2D eigenvalue weighted by Crippen LogP contribution is 2.32. The molecule has 0 aromatic heterocycles. The third kappa shape index (κ3) is 5.62. The molecule has 3 aromatic rings. The van der Waals surface area contributed by atoms with Crippen LogP contribution in [0.3, 0.4) is 0 Å². The van der Waals surface area contributed by atoms with Gasteiger partial charge in [-0.05, 0) is 60.5 Å². The molecule has 1 aliphatic rings. The van der Waals surface area contributed by atoms with Crippen LogP contribution in [0, 0.1) is 5.82 Å². The molecule has 1 atom stereocenters. The molecule has 9 heteroatoms. The van der Waals surface area contributed by atoms with E-state index in [1.807, 2.05) is 0 Å². The average Bonchev–Trinajstić information content (AvgIpc) is 2.94. The summed E-state index contributed by atoms with van der Waals surface area (Å²) < 4.78 is 58.8. The molecule has 3 aromatic carbocycles. The van der Waals surface area contributed by atoms with Gasteiger partial charge in [0.25, 0.3) is 11.8 Å². The zero-order valence-electron chi connectivity index (χ0n) is 18.7. The van der Waals surface area contributed by atoms with Gasteiger partial charge in [-0.3, -0.25) is 9.59 Å². The largest absolute Gasteiger partial charge is 0.480 e. The molecule has 1 aliphatic heterocycles. The molecular formula is C26H22F4N2O3. The summed E-state index contributed by atoms with van der Waals surface area (Å²) in [6, 6.07) is 15.0. The molecule has 0 aliphatic carbocycles. The number of fused-ring (bicyclic) bond motifs is 1. The fourth-order valence-corrected chi connectivity index (χ4v) is 3.88. The molecule has 0 fully saturated rings. The van der Waals surface area contributed by atoms with E-state index in [9.17, 15) is 27.2 Å². The van der Waals surface area contributed by atoms with E-state index < -0.39 is 29.6 Å². The van der Waals surface area contributed by atoms with Gasteiger partial charge in [-0.2, -0.15) is 13.2 Å². The molecule has 2 amide bonds. The van der Waals surface area contributed by atoms with Crippen molar-refractivity contribution in [3.63, 3.8) is 0 Å². The van der Waals surface area contributed by atoms with Crippen molar-refractivity contribution in [2.24, 2.45) is 0 Å². The van der Waals surface area contributed by atoms with E-state index >= 15 is 0 Å². The molecule has 5 nitrogen and oxygen atoms in total. The van der Waals surface area contributed by atoms with E-state index in [4.69, 9.17) is 4.74 Å². The molecule has 35 heavy (non-hydrogen) atoms. The number of nitrogens with one attached hydrogen (secondary N) is 1. The lowest BCUT2D eigenvalue weighted by Crippen LogP contribution is -2.38. The average molecular weight is 486 g/mol. The predicted molar refractivity (Wildman–Crippen MR) is 121 cm³/mol. The first kappa shape index (κ1) is 24.3. The first-order chi connectivity index (χ1) is 16.6. The molecule has 4 rings (SSSR count). The van der Waals surface area contributed by atoms with Crippen LogP contribution in [0.1, 0.15) is 40.4 Å². The summed E-state index contributed by atoms with van der Waals surface area (Å²) >= 11 is 0. The summed E-state index contributed by atoms with van der Waals surface area (Å²) in [4.78, 5) is 27.0. The zero-order valence-corrected chi connectivity index (χ0v) is 18.7. The van der Waals surface area contributed by atoms with E-state index in [1.165, 1.54) is 35.2 Å². The molecule has 0 saturated heterocycles. The topological polar surface area (TPSA) is 58.6 Å². The lowest BCUT2D eigenvalue weighted by Gasteiger charge is -2.23. The summed E-state index contributed by atoms with van der Waals surface area (Å²) in [5.74, 6) is -0.948. The number of ether oxygens (including phenoxy) is 1. The molecular weight excluding hydrogens is 464 g/mol. The molecule has 1 unspecified atom stereocenters. The van der Waals surface area contributed by atoms with Crippen molar-refractivity contribution in [1.29, 1.82) is 0 Å². The number of anilines is 1. The van der Waals surface area contributed by atoms with Gasteiger partial charge in [0, 0.05) is 29.9 Å². The summed E-state index contributed by atoms with van der Waals surface area (Å²) in [5.41, 5.74) is 0.676. The predicted octanol–water partition coefficient (Wildman–Crippen LogP) is 5.80. The van der Waals surface area contributed by atoms with Crippen LogP contribution < -0.4 is 10.1 Å². The third-order valence-corrected chi connectivity index (χ3v) is 5.62. The van der Waals surface area contributed by atoms with E-state index in [0.717, 1.165) is 18.2 Å². The van der Waals surface area contributed by atoms with Gasteiger partial charge in [0.2, 0.25) is 0 Å². The van der Waals surface area contributed by atoms with Crippen LogP contribution >= 0.6 is 0 Å². The Morgan fingerprint density at radius 2 is 1.86 bits per heavy atom. The van der Waals surface area contributed by atoms with E-state index in [-0.39, 0.29) is 24.6 Å². The van der Waals surface area contributed by atoms with Crippen molar-refractivity contribution in [2.75, 3.05) is 5.32 Å². The molecule has 1 N–H and O–H groups in total. The quantitative estimate of drug-likeness (QED) is 0.464. The van der Waals surface area contributed by atoms with Crippen molar-refractivity contribution in [3.8, 4) is 5.75 Å². The van der Waals surface area contributed by atoms with Crippen LogP contribution in [0.4, 0.5) is 23.2 Å². The third-order valence-electron chi connectivity index (χ3n) is 5.62. The first-order valence-electron chi connectivity index (χ1n) is 11.0. The maximum absolute atomic E-state index is 13.5.